The van der Waals surface area contributed by atoms with Crippen LogP contribution in [-0.2, 0) is 6.54 Å². The van der Waals surface area contributed by atoms with E-state index in [4.69, 9.17) is 22.1 Å². The van der Waals surface area contributed by atoms with E-state index in [0.29, 0.717) is 18.1 Å². The second kappa shape index (κ2) is 6.47. The Kier molecular flexibility index (Phi) is 4.67. The van der Waals surface area contributed by atoms with E-state index in [0.717, 1.165) is 22.6 Å². The van der Waals surface area contributed by atoms with E-state index >= 15 is 0 Å². The highest BCUT2D eigenvalue weighted by atomic mass is 35.5. The van der Waals surface area contributed by atoms with E-state index in [1.165, 1.54) is 0 Å². The minimum atomic E-state index is 0.331. The number of nitrogens with two attached hydrogens (primary N) is 1. The molecule has 0 saturated heterocycles. The molecule has 4 nitrogen and oxygen atoms in total. The molecule has 0 aliphatic heterocycles. The summed E-state index contributed by atoms with van der Waals surface area (Å²) in [6, 6.07) is 5.76. The first kappa shape index (κ1) is 14.4. The van der Waals surface area contributed by atoms with Crippen LogP contribution in [0.5, 0.6) is 5.75 Å². The van der Waals surface area contributed by atoms with Crippen LogP contribution in [0.4, 0.5) is 0 Å². The van der Waals surface area contributed by atoms with Gasteiger partial charge in [0.1, 0.15) is 5.75 Å². The normalized spacial score (nSPS) is 10.0. The van der Waals surface area contributed by atoms with Crippen LogP contribution in [0.1, 0.15) is 16.8 Å². The lowest BCUT2D eigenvalue weighted by Crippen LogP contribution is -2.06. The zero-order chi connectivity index (χ0) is 14.5. The molecule has 0 aliphatic carbocycles. The molecule has 2 N–H and O–H groups in total. The highest BCUT2D eigenvalue weighted by molar-refractivity contribution is 6.31. The molecule has 1 aromatic heterocycles. The lowest BCUT2D eigenvalue weighted by molar-refractivity contribution is 0.414. The number of halogens is 1. The summed E-state index contributed by atoms with van der Waals surface area (Å²) >= 11 is 6.03. The van der Waals surface area contributed by atoms with Gasteiger partial charge in [0.25, 0.3) is 0 Å². The van der Waals surface area contributed by atoms with Gasteiger partial charge in [-0.05, 0) is 30.7 Å². The molecule has 0 bridgehead atoms. The van der Waals surface area contributed by atoms with Crippen LogP contribution < -0.4 is 10.5 Å². The molecule has 1 heterocycles. The van der Waals surface area contributed by atoms with Crippen molar-refractivity contribution in [3.8, 4) is 17.6 Å². The smallest absolute Gasteiger partial charge is 0.119 e. The summed E-state index contributed by atoms with van der Waals surface area (Å²) in [4.78, 5) is 0. The van der Waals surface area contributed by atoms with Gasteiger partial charge in [-0.15, -0.1) is 0 Å². The predicted molar refractivity (Wildman–Crippen MR) is 80.0 cm³/mol. The van der Waals surface area contributed by atoms with Crippen LogP contribution in [0, 0.1) is 18.8 Å². The first-order chi connectivity index (χ1) is 9.65. The van der Waals surface area contributed by atoms with Crippen molar-refractivity contribution >= 4 is 11.6 Å². The average molecular weight is 290 g/mol. The van der Waals surface area contributed by atoms with Gasteiger partial charge in [0.15, 0.2) is 0 Å². The molecule has 0 atom stereocenters. The molecule has 5 heteroatoms. The number of hydrogen-bond donors (Lipinski definition) is 1. The van der Waals surface area contributed by atoms with Gasteiger partial charge in [-0.3, -0.25) is 4.68 Å². The molecule has 2 aromatic rings. The van der Waals surface area contributed by atoms with Crippen LogP contribution in [0.2, 0.25) is 5.02 Å². The molecule has 0 aliphatic rings. The van der Waals surface area contributed by atoms with Gasteiger partial charge in [0.2, 0.25) is 0 Å². The zero-order valence-electron chi connectivity index (χ0n) is 11.5. The average Bonchev–Trinajstić information content (AvgIpc) is 2.78. The van der Waals surface area contributed by atoms with E-state index in [2.05, 4.69) is 16.9 Å². The van der Waals surface area contributed by atoms with Crippen molar-refractivity contribution in [3.63, 3.8) is 0 Å². The van der Waals surface area contributed by atoms with Gasteiger partial charge in [0.05, 0.1) is 37.1 Å². The van der Waals surface area contributed by atoms with Crippen molar-refractivity contribution in [2.24, 2.45) is 5.73 Å². The first-order valence-corrected chi connectivity index (χ1v) is 6.57. The van der Waals surface area contributed by atoms with Crippen molar-refractivity contribution in [3.05, 3.63) is 46.2 Å². The largest absolute Gasteiger partial charge is 0.497 e. The SMILES string of the molecule is COc1ccc(C#CCN)c(Cn2ncc(Cl)c2C)c1. The Balaban J connectivity index is 2.39. The van der Waals surface area contributed by atoms with Crippen LogP contribution in [0.25, 0.3) is 0 Å². The molecule has 1 aromatic carbocycles. The van der Waals surface area contributed by atoms with Crippen LogP contribution >= 0.6 is 11.6 Å². The van der Waals surface area contributed by atoms with E-state index in [1.807, 2.05) is 29.8 Å². The predicted octanol–water partition coefficient (Wildman–Crippen LogP) is 2.21. The molecule has 0 fully saturated rings. The van der Waals surface area contributed by atoms with Crippen LogP contribution in [0.15, 0.2) is 24.4 Å². The molecule has 0 unspecified atom stereocenters. The number of rotatable bonds is 3. The highest BCUT2D eigenvalue weighted by Gasteiger charge is 2.08. The van der Waals surface area contributed by atoms with Gasteiger partial charge < -0.3 is 10.5 Å². The Labute approximate surface area is 123 Å². The molecule has 20 heavy (non-hydrogen) atoms. The summed E-state index contributed by atoms with van der Waals surface area (Å²) in [6.45, 7) is 2.85. The molecule has 0 amide bonds. The second-order valence-corrected chi connectivity index (χ2v) is 4.67. The Morgan fingerprint density at radius 3 is 2.85 bits per heavy atom. The van der Waals surface area contributed by atoms with Gasteiger partial charge in [0, 0.05) is 5.56 Å². The summed E-state index contributed by atoms with van der Waals surface area (Å²) in [6.07, 6.45) is 1.64. The maximum atomic E-state index is 6.03. The monoisotopic (exact) mass is 289 g/mol. The zero-order valence-corrected chi connectivity index (χ0v) is 12.2. The summed E-state index contributed by atoms with van der Waals surface area (Å²) in [5.74, 6) is 6.72. The fourth-order valence-electron chi connectivity index (χ4n) is 1.84. The third kappa shape index (κ3) is 3.13. The molecular weight excluding hydrogens is 274 g/mol. The minimum absolute atomic E-state index is 0.331. The Morgan fingerprint density at radius 1 is 1.45 bits per heavy atom. The highest BCUT2D eigenvalue weighted by Crippen LogP contribution is 2.20. The fraction of sp³-hybridized carbons (Fsp3) is 0.267. The van der Waals surface area contributed by atoms with E-state index in [-0.39, 0.29) is 0 Å². The molecular formula is C15H16ClN3O. The van der Waals surface area contributed by atoms with E-state index in [1.54, 1.807) is 13.3 Å². The van der Waals surface area contributed by atoms with Gasteiger partial charge in [-0.25, -0.2) is 0 Å². The van der Waals surface area contributed by atoms with Crippen molar-refractivity contribution in [1.82, 2.24) is 9.78 Å². The van der Waals surface area contributed by atoms with Crippen LogP contribution in [0.3, 0.4) is 0 Å². The number of benzene rings is 1. The third-order valence-corrected chi connectivity index (χ3v) is 3.37. The number of methoxy groups -OCH3 is 1. The standard InChI is InChI=1S/C15H16ClN3O/c1-11-15(16)9-18-19(11)10-13-8-14(20-2)6-5-12(13)4-3-7-17/h5-6,8-9H,7,10,17H2,1-2H3. The maximum absolute atomic E-state index is 6.03. The summed E-state index contributed by atoms with van der Waals surface area (Å²) in [5, 5.41) is 4.91. The second-order valence-electron chi connectivity index (χ2n) is 4.26. The van der Waals surface area contributed by atoms with E-state index in [9.17, 15) is 0 Å². The summed E-state index contributed by atoms with van der Waals surface area (Å²) in [7, 11) is 1.64. The molecule has 0 spiro atoms. The lowest BCUT2D eigenvalue weighted by Gasteiger charge is -2.09. The molecule has 0 saturated carbocycles. The summed E-state index contributed by atoms with van der Waals surface area (Å²) in [5.41, 5.74) is 8.29. The number of hydrogen-bond acceptors (Lipinski definition) is 3. The quantitative estimate of drug-likeness (QED) is 0.882. The van der Waals surface area contributed by atoms with Gasteiger partial charge >= 0.3 is 0 Å². The van der Waals surface area contributed by atoms with E-state index < -0.39 is 0 Å². The van der Waals surface area contributed by atoms with Gasteiger partial charge in [-0.2, -0.15) is 5.10 Å². The van der Waals surface area contributed by atoms with Crippen molar-refractivity contribution in [2.75, 3.05) is 13.7 Å². The molecule has 0 radical (unpaired) electrons. The molecule has 104 valence electrons. The van der Waals surface area contributed by atoms with Crippen molar-refractivity contribution in [1.29, 1.82) is 0 Å². The Bertz CT molecular complexity index is 667. The fourth-order valence-corrected chi connectivity index (χ4v) is 1.98. The molecule has 2 rings (SSSR count). The van der Waals surface area contributed by atoms with Crippen molar-refractivity contribution < 1.29 is 4.74 Å². The lowest BCUT2D eigenvalue weighted by atomic mass is 10.1. The maximum Gasteiger partial charge on any atom is 0.119 e. The third-order valence-electron chi connectivity index (χ3n) is 3.00. The topological polar surface area (TPSA) is 53.1 Å². The number of aromatic nitrogens is 2. The first-order valence-electron chi connectivity index (χ1n) is 6.19. The number of nitrogens with zero attached hydrogens (tertiary/aromatic N) is 2. The number of ether oxygens (including phenoxy) is 1. The van der Waals surface area contributed by atoms with Gasteiger partial charge in [-0.1, -0.05) is 23.4 Å². The summed E-state index contributed by atoms with van der Waals surface area (Å²) < 4.78 is 7.10. The minimum Gasteiger partial charge on any atom is -0.497 e. The Hall–Kier alpha value is -1.96. The van der Waals surface area contributed by atoms with Crippen molar-refractivity contribution in [2.45, 2.75) is 13.5 Å². The Morgan fingerprint density at radius 2 is 2.25 bits per heavy atom. The van der Waals surface area contributed by atoms with Crippen LogP contribution in [-0.4, -0.2) is 23.4 Å².